The van der Waals surface area contributed by atoms with Gasteiger partial charge in [0.2, 0.25) is 5.82 Å². The molecule has 1 amide bonds. The molecule has 18 heavy (non-hydrogen) atoms. The predicted octanol–water partition coefficient (Wildman–Crippen LogP) is 0.198. The smallest absolute Gasteiger partial charge is 0.355 e. The molecule has 8 nitrogen and oxygen atoms in total. The lowest BCUT2D eigenvalue weighted by Gasteiger charge is -1.98. The molecule has 0 radical (unpaired) electrons. The molecule has 3 N–H and O–H groups in total. The molecule has 0 bridgehead atoms. The molecular weight excluding hydrogens is 258 g/mol. The van der Waals surface area contributed by atoms with Crippen LogP contribution in [0.4, 0.5) is 0 Å². The fourth-order valence-corrected chi connectivity index (χ4v) is 1.88. The second-order valence-corrected chi connectivity index (χ2v) is 4.30. The zero-order valence-corrected chi connectivity index (χ0v) is 10.1. The first-order chi connectivity index (χ1) is 8.56. The maximum absolute atomic E-state index is 11.6. The number of hydrogen-bond donors (Lipinski definition) is 3. The Hall–Kier alpha value is -2.29. The highest BCUT2D eigenvalue weighted by molar-refractivity contribution is 7.09. The van der Waals surface area contributed by atoms with Gasteiger partial charge in [-0.15, -0.1) is 16.4 Å². The molecule has 0 aliphatic heterocycles. The molecule has 9 heteroatoms. The summed E-state index contributed by atoms with van der Waals surface area (Å²) in [5.74, 6) is -0.940. The first kappa shape index (κ1) is 12.2. The summed E-state index contributed by atoms with van der Waals surface area (Å²) in [6, 6.07) is 0. The zero-order valence-electron chi connectivity index (χ0n) is 9.30. The highest BCUT2D eigenvalue weighted by atomic mass is 32.1. The van der Waals surface area contributed by atoms with Crippen molar-refractivity contribution in [3.63, 3.8) is 0 Å². The van der Waals surface area contributed by atoms with Crippen LogP contribution >= 0.6 is 11.3 Å². The summed E-state index contributed by atoms with van der Waals surface area (Å²) in [6.45, 7) is 1.83. The van der Waals surface area contributed by atoms with E-state index in [-0.39, 0.29) is 18.1 Å². The third-order valence-electron chi connectivity index (χ3n) is 1.97. The molecule has 0 unspecified atom stereocenters. The van der Waals surface area contributed by atoms with Crippen LogP contribution in [0.15, 0.2) is 5.38 Å². The molecule has 0 spiro atoms. The number of H-pyrrole nitrogens is 1. The summed E-state index contributed by atoms with van der Waals surface area (Å²) >= 11 is 1.16. The molecule has 2 heterocycles. The number of aromatic nitrogens is 4. The van der Waals surface area contributed by atoms with Gasteiger partial charge in [-0.25, -0.2) is 14.8 Å². The average molecular weight is 267 g/mol. The van der Waals surface area contributed by atoms with Crippen LogP contribution in [0, 0.1) is 6.92 Å². The number of aromatic carboxylic acids is 1. The molecule has 0 aromatic carbocycles. The summed E-state index contributed by atoms with van der Waals surface area (Å²) in [4.78, 5) is 29.9. The number of aromatic amines is 1. The minimum atomic E-state index is -1.09. The molecular formula is C9H9N5O3S. The second-order valence-electron chi connectivity index (χ2n) is 3.36. The Kier molecular flexibility index (Phi) is 3.33. The van der Waals surface area contributed by atoms with Crippen LogP contribution in [-0.2, 0) is 6.54 Å². The zero-order chi connectivity index (χ0) is 13.1. The van der Waals surface area contributed by atoms with Gasteiger partial charge in [0.15, 0.2) is 5.69 Å². The van der Waals surface area contributed by atoms with E-state index in [1.54, 1.807) is 6.92 Å². The summed E-state index contributed by atoms with van der Waals surface area (Å²) in [5, 5.41) is 19.4. The minimum Gasteiger partial charge on any atom is -0.476 e. The van der Waals surface area contributed by atoms with E-state index in [1.165, 1.54) is 5.38 Å². The third-order valence-corrected chi connectivity index (χ3v) is 2.82. The van der Waals surface area contributed by atoms with Crippen LogP contribution in [0.3, 0.4) is 0 Å². The van der Waals surface area contributed by atoms with Gasteiger partial charge in [-0.3, -0.25) is 9.89 Å². The highest BCUT2D eigenvalue weighted by Crippen LogP contribution is 2.09. The quantitative estimate of drug-likeness (QED) is 0.727. The molecule has 2 aromatic rings. The average Bonchev–Trinajstić information content (AvgIpc) is 2.94. The van der Waals surface area contributed by atoms with Crippen molar-refractivity contribution in [2.45, 2.75) is 13.5 Å². The number of rotatable bonds is 4. The van der Waals surface area contributed by atoms with Gasteiger partial charge in [0.1, 0.15) is 10.8 Å². The lowest BCUT2D eigenvalue weighted by atomic mass is 10.5. The van der Waals surface area contributed by atoms with Crippen molar-refractivity contribution < 1.29 is 14.7 Å². The van der Waals surface area contributed by atoms with E-state index in [1.807, 2.05) is 0 Å². The minimum absolute atomic E-state index is 0.0296. The van der Waals surface area contributed by atoms with Gasteiger partial charge in [-0.05, 0) is 6.92 Å². The normalized spacial score (nSPS) is 10.3. The third kappa shape index (κ3) is 2.69. The number of carbonyl (C=O) groups excluding carboxylic acids is 1. The maximum atomic E-state index is 11.6. The Labute approximate surface area is 105 Å². The number of nitrogens with zero attached hydrogens (tertiary/aromatic N) is 3. The Morgan fingerprint density at radius 3 is 2.83 bits per heavy atom. The summed E-state index contributed by atoms with van der Waals surface area (Å²) in [7, 11) is 0. The van der Waals surface area contributed by atoms with Gasteiger partial charge in [0.25, 0.3) is 5.91 Å². The van der Waals surface area contributed by atoms with E-state index in [0.29, 0.717) is 10.8 Å². The van der Waals surface area contributed by atoms with E-state index in [2.05, 4.69) is 25.5 Å². The van der Waals surface area contributed by atoms with Crippen molar-refractivity contribution in [3.8, 4) is 0 Å². The van der Waals surface area contributed by atoms with Crippen molar-refractivity contribution in [1.29, 1.82) is 0 Å². The van der Waals surface area contributed by atoms with Gasteiger partial charge >= 0.3 is 5.97 Å². The predicted molar refractivity (Wildman–Crippen MR) is 61.4 cm³/mol. The Morgan fingerprint density at radius 1 is 1.50 bits per heavy atom. The number of carboxylic acids is 1. The molecule has 0 atom stereocenters. The van der Waals surface area contributed by atoms with Gasteiger partial charge in [-0.1, -0.05) is 0 Å². The number of hydrogen-bond acceptors (Lipinski definition) is 6. The number of carbonyl (C=O) groups is 2. The summed E-state index contributed by atoms with van der Waals surface area (Å²) in [6.07, 6.45) is 0. The van der Waals surface area contributed by atoms with Crippen LogP contribution in [0.1, 0.15) is 31.9 Å². The van der Waals surface area contributed by atoms with E-state index in [9.17, 15) is 9.59 Å². The van der Waals surface area contributed by atoms with Crippen LogP contribution in [0.2, 0.25) is 0 Å². The molecule has 0 saturated carbocycles. The molecule has 0 saturated heterocycles. The van der Waals surface area contributed by atoms with Crippen LogP contribution in [-0.4, -0.2) is 37.1 Å². The largest absolute Gasteiger partial charge is 0.476 e. The van der Waals surface area contributed by atoms with Crippen molar-refractivity contribution in [2.24, 2.45) is 0 Å². The lowest BCUT2D eigenvalue weighted by Crippen LogP contribution is -2.24. The van der Waals surface area contributed by atoms with Gasteiger partial charge in [-0.2, -0.15) is 0 Å². The molecule has 2 rings (SSSR count). The van der Waals surface area contributed by atoms with Gasteiger partial charge in [0, 0.05) is 5.38 Å². The van der Waals surface area contributed by atoms with E-state index in [0.717, 1.165) is 11.3 Å². The number of nitrogens with one attached hydrogen (secondary N) is 2. The number of thiazole rings is 1. The van der Waals surface area contributed by atoms with Crippen LogP contribution in [0.5, 0.6) is 0 Å². The Balaban J connectivity index is 1.95. The molecule has 94 valence electrons. The second kappa shape index (κ2) is 4.92. The monoisotopic (exact) mass is 267 g/mol. The van der Waals surface area contributed by atoms with Crippen molar-refractivity contribution >= 4 is 23.2 Å². The van der Waals surface area contributed by atoms with Crippen LogP contribution < -0.4 is 5.32 Å². The Morgan fingerprint density at radius 2 is 2.28 bits per heavy atom. The molecule has 0 aliphatic rings. The number of carboxylic acid groups (broad SMARTS) is 1. The topological polar surface area (TPSA) is 121 Å². The fraction of sp³-hybridized carbons (Fsp3) is 0.222. The SMILES string of the molecule is Cc1nc(C(=O)NCc2nc(C(=O)O)cs2)n[nH]1. The van der Waals surface area contributed by atoms with Gasteiger partial charge in [0.05, 0.1) is 6.54 Å². The van der Waals surface area contributed by atoms with E-state index in [4.69, 9.17) is 5.11 Å². The molecule has 0 fully saturated rings. The summed E-state index contributed by atoms with van der Waals surface area (Å²) < 4.78 is 0. The van der Waals surface area contributed by atoms with Crippen molar-refractivity contribution in [1.82, 2.24) is 25.5 Å². The van der Waals surface area contributed by atoms with Crippen molar-refractivity contribution in [2.75, 3.05) is 0 Å². The lowest BCUT2D eigenvalue weighted by molar-refractivity contribution is 0.0691. The fourth-order valence-electron chi connectivity index (χ4n) is 1.17. The Bertz CT molecular complexity index is 591. The highest BCUT2D eigenvalue weighted by Gasteiger charge is 2.13. The molecule has 2 aromatic heterocycles. The van der Waals surface area contributed by atoms with Gasteiger partial charge < -0.3 is 10.4 Å². The maximum Gasteiger partial charge on any atom is 0.355 e. The first-order valence-electron chi connectivity index (χ1n) is 4.91. The van der Waals surface area contributed by atoms with Crippen molar-refractivity contribution in [3.05, 3.63) is 27.7 Å². The summed E-state index contributed by atoms with van der Waals surface area (Å²) in [5.41, 5.74) is -0.0296. The number of amides is 1. The van der Waals surface area contributed by atoms with E-state index >= 15 is 0 Å². The van der Waals surface area contributed by atoms with Crippen LogP contribution in [0.25, 0.3) is 0 Å². The van der Waals surface area contributed by atoms with E-state index < -0.39 is 11.9 Å². The number of aryl methyl sites for hydroxylation is 1. The first-order valence-corrected chi connectivity index (χ1v) is 5.79. The standard InChI is InChI=1S/C9H9N5O3S/c1-4-11-7(14-13-4)8(15)10-2-6-12-5(3-18-6)9(16)17/h3H,2H2,1H3,(H,10,15)(H,16,17)(H,11,13,14). The molecule has 0 aliphatic carbocycles.